The zero-order valence-electron chi connectivity index (χ0n) is 14.2. The van der Waals surface area contributed by atoms with E-state index in [1.807, 2.05) is 25.1 Å². The van der Waals surface area contributed by atoms with Gasteiger partial charge < -0.3 is 5.32 Å². The molecule has 0 fully saturated rings. The van der Waals surface area contributed by atoms with Crippen molar-refractivity contribution in [2.75, 3.05) is 0 Å². The number of amides is 1. The summed E-state index contributed by atoms with van der Waals surface area (Å²) >= 11 is 0. The van der Waals surface area contributed by atoms with E-state index in [-0.39, 0.29) is 11.9 Å². The Bertz CT molecular complexity index is 688. The second kappa shape index (κ2) is 6.78. The Hall–Kier alpha value is -2.09. The number of benzene rings is 2. The molecule has 2 heteroatoms. The fourth-order valence-corrected chi connectivity index (χ4v) is 2.53. The number of hydrogen-bond acceptors (Lipinski definition) is 1. The van der Waals surface area contributed by atoms with Crippen molar-refractivity contribution in [2.45, 2.75) is 47.1 Å². The van der Waals surface area contributed by atoms with Crippen LogP contribution in [0.4, 0.5) is 0 Å². The summed E-state index contributed by atoms with van der Waals surface area (Å²) in [5.74, 6) is -0.00632. The minimum Gasteiger partial charge on any atom is -0.345 e. The van der Waals surface area contributed by atoms with Crippen LogP contribution in [0.15, 0.2) is 36.4 Å². The molecule has 0 saturated carbocycles. The molecule has 1 unspecified atom stereocenters. The van der Waals surface area contributed by atoms with Gasteiger partial charge >= 0.3 is 0 Å². The molecule has 0 spiro atoms. The van der Waals surface area contributed by atoms with E-state index < -0.39 is 0 Å². The molecule has 2 nitrogen and oxygen atoms in total. The Balaban J connectivity index is 2.20. The molecule has 22 heavy (non-hydrogen) atoms. The largest absolute Gasteiger partial charge is 0.345 e. The van der Waals surface area contributed by atoms with E-state index in [0.29, 0.717) is 0 Å². The predicted molar refractivity (Wildman–Crippen MR) is 92.3 cm³/mol. The number of carbonyl (C=O) groups is 1. The van der Waals surface area contributed by atoms with Crippen LogP contribution in [0, 0.1) is 27.7 Å². The van der Waals surface area contributed by atoms with Gasteiger partial charge in [-0.2, -0.15) is 0 Å². The minimum atomic E-state index is -0.00632. The molecule has 0 saturated heterocycles. The number of nitrogens with one attached hydrogen (secondary N) is 1. The summed E-state index contributed by atoms with van der Waals surface area (Å²) in [6, 6.07) is 12.3. The van der Waals surface area contributed by atoms with Crippen molar-refractivity contribution in [3.8, 4) is 0 Å². The highest BCUT2D eigenvalue weighted by atomic mass is 16.1. The second-order valence-electron chi connectivity index (χ2n) is 6.08. The van der Waals surface area contributed by atoms with Crippen LogP contribution in [-0.4, -0.2) is 5.91 Å². The first-order valence-electron chi connectivity index (χ1n) is 7.87. The van der Waals surface area contributed by atoms with E-state index in [9.17, 15) is 4.79 Å². The van der Waals surface area contributed by atoms with Crippen molar-refractivity contribution in [3.05, 3.63) is 69.8 Å². The summed E-state index contributed by atoms with van der Waals surface area (Å²) < 4.78 is 0. The molecule has 2 aromatic rings. The van der Waals surface area contributed by atoms with E-state index >= 15 is 0 Å². The normalized spacial score (nSPS) is 12.0. The highest BCUT2D eigenvalue weighted by Crippen LogP contribution is 2.20. The fraction of sp³-hybridized carbons (Fsp3) is 0.350. The molecular weight excluding hydrogens is 270 g/mol. The Kier molecular flexibility index (Phi) is 5.02. The summed E-state index contributed by atoms with van der Waals surface area (Å²) in [5, 5.41) is 3.15. The van der Waals surface area contributed by atoms with Gasteiger partial charge in [-0.25, -0.2) is 0 Å². The van der Waals surface area contributed by atoms with Gasteiger partial charge in [-0.15, -0.1) is 0 Å². The Morgan fingerprint density at radius 1 is 0.909 bits per heavy atom. The average Bonchev–Trinajstić information content (AvgIpc) is 2.50. The van der Waals surface area contributed by atoms with Crippen molar-refractivity contribution in [3.63, 3.8) is 0 Å². The molecule has 0 aliphatic heterocycles. The van der Waals surface area contributed by atoms with E-state index in [4.69, 9.17) is 0 Å². The third-order valence-electron chi connectivity index (χ3n) is 4.42. The van der Waals surface area contributed by atoms with E-state index in [1.54, 1.807) is 0 Å². The summed E-state index contributed by atoms with van der Waals surface area (Å²) in [4.78, 5) is 12.5. The Labute approximate surface area is 133 Å². The van der Waals surface area contributed by atoms with Gasteiger partial charge in [-0.3, -0.25) is 4.79 Å². The maximum absolute atomic E-state index is 12.5. The molecule has 116 valence electrons. The Morgan fingerprint density at radius 3 is 2.05 bits per heavy atom. The number of aryl methyl sites for hydroxylation is 4. The van der Waals surface area contributed by atoms with Crippen LogP contribution in [0.2, 0.25) is 0 Å². The number of rotatable bonds is 4. The molecule has 1 atom stereocenters. The van der Waals surface area contributed by atoms with Gasteiger partial charge in [0.05, 0.1) is 6.04 Å². The third-order valence-corrected chi connectivity index (χ3v) is 4.42. The van der Waals surface area contributed by atoms with E-state index in [2.05, 4.69) is 51.2 Å². The highest BCUT2D eigenvalue weighted by molar-refractivity contribution is 5.94. The lowest BCUT2D eigenvalue weighted by molar-refractivity contribution is 0.0935. The monoisotopic (exact) mass is 295 g/mol. The van der Waals surface area contributed by atoms with Crippen LogP contribution in [0.3, 0.4) is 0 Å². The van der Waals surface area contributed by atoms with Crippen LogP contribution in [0.25, 0.3) is 0 Å². The highest BCUT2D eigenvalue weighted by Gasteiger charge is 2.15. The van der Waals surface area contributed by atoms with Gasteiger partial charge in [-0.05, 0) is 74.1 Å². The minimum absolute atomic E-state index is 0.00632. The Morgan fingerprint density at radius 2 is 1.50 bits per heavy atom. The fourth-order valence-electron chi connectivity index (χ4n) is 2.53. The molecule has 1 N–H and O–H groups in total. The van der Waals surface area contributed by atoms with Crippen LogP contribution in [-0.2, 0) is 0 Å². The molecule has 0 aromatic heterocycles. The summed E-state index contributed by atoms with van der Waals surface area (Å²) in [5.41, 5.74) is 6.79. The van der Waals surface area contributed by atoms with Crippen molar-refractivity contribution in [1.82, 2.24) is 5.32 Å². The predicted octanol–water partition coefficient (Wildman–Crippen LogP) is 4.80. The van der Waals surface area contributed by atoms with Crippen LogP contribution in [0.1, 0.15) is 57.6 Å². The molecular formula is C20H25NO. The first kappa shape index (κ1) is 16.3. The second-order valence-corrected chi connectivity index (χ2v) is 6.08. The zero-order chi connectivity index (χ0) is 16.3. The van der Waals surface area contributed by atoms with Gasteiger partial charge in [0, 0.05) is 5.56 Å². The maximum atomic E-state index is 12.5. The number of carbonyl (C=O) groups excluding carboxylic acids is 1. The summed E-state index contributed by atoms with van der Waals surface area (Å²) in [7, 11) is 0. The van der Waals surface area contributed by atoms with Crippen molar-refractivity contribution in [1.29, 1.82) is 0 Å². The first-order valence-corrected chi connectivity index (χ1v) is 7.87. The summed E-state index contributed by atoms with van der Waals surface area (Å²) in [6.45, 7) is 10.4. The van der Waals surface area contributed by atoms with Crippen LogP contribution < -0.4 is 5.32 Å². The lowest BCUT2D eigenvalue weighted by atomic mass is 9.99. The van der Waals surface area contributed by atoms with Crippen molar-refractivity contribution < 1.29 is 4.79 Å². The molecule has 1 amide bonds. The molecule has 0 radical (unpaired) electrons. The molecule has 0 aliphatic carbocycles. The summed E-state index contributed by atoms with van der Waals surface area (Å²) in [6.07, 6.45) is 0.874. The van der Waals surface area contributed by atoms with E-state index in [0.717, 1.165) is 17.5 Å². The van der Waals surface area contributed by atoms with Gasteiger partial charge in [0.2, 0.25) is 0 Å². The molecule has 2 aromatic carbocycles. The average molecular weight is 295 g/mol. The lowest BCUT2D eigenvalue weighted by Crippen LogP contribution is -2.28. The van der Waals surface area contributed by atoms with Gasteiger partial charge in [0.15, 0.2) is 0 Å². The maximum Gasteiger partial charge on any atom is 0.251 e. The van der Waals surface area contributed by atoms with Crippen molar-refractivity contribution >= 4 is 5.91 Å². The third kappa shape index (κ3) is 3.56. The smallest absolute Gasteiger partial charge is 0.251 e. The topological polar surface area (TPSA) is 29.1 Å². The SMILES string of the molecule is CCC(NC(=O)c1ccc(C)c(C)c1)c1ccc(C)c(C)c1. The lowest BCUT2D eigenvalue weighted by Gasteiger charge is -2.19. The van der Waals surface area contributed by atoms with Gasteiger partial charge in [0.1, 0.15) is 0 Å². The molecule has 2 rings (SSSR count). The van der Waals surface area contributed by atoms with Crippen LogP contribution >= 0.6 is 0 Å². The quantitative estimate of drug-likeness (QED) is 0.862. The standard InChI is InChI=1S/C20H25NO/c1-6-19(17-9-7-13(2)15(4)11-17)21-20(22)18-10-8-14(3)16(5)12-18/h7-12,19H,6H2,1-5H3,(H,21,22). The first-order chi connectivity index (χ1) is 10.4. The zero-order valence-corrected chi connectivity index (χ0v) is 14.2. The van der Waals surface area contributed by atoms with Crippen molar-refractivity contribution in [2.24, 2.45) is 0 Å². The molecule has 0 heterocycles. The number of hydrogen-bond donors (Lipinski definition) is 1. The van der Waals surface area contributed by atoms with Gasteiger partial charge in [0.25, 0.3) is 5.91 Å². The molecule has 0 bridgehead atoms. The molecule has 0 aliphatic rings. The van der Waals surface area contributed by atoms with E-state index in [1.165, 1.54) is 22.3 Å². The van der Waals surface area contributed by atoms with Gasteiger partial charge in [-0.1, -0.05) is 31.2 Å². The van der Waals surface area contributed by atoms with Crippen LogP contribution in [0.5, 0.6) is 0 Å².